The standard InChI is InChI=1S/C23H24N6OS2/c24-22-28-20-18(9-10-25-21(20)31-22)19-13-17(14-29-11-5-2-6-12-29)26-23(27-19)32(30)15-16-7-3-1-4-8-16/h1,3-4,7-10,13H,2,5-6,11-12,14-15H2,(H2,24,28). The molecule has 4 heterocycles. The molecule has 1 aromatic carbocycles. The summed E-state index contributed by atoms with van der Waals surface area (Å²) < 4.78 is 13.2. The van der Waals surface area contributed by atoms with Crippen molar-refractivity contribution in [2.45, 2.75) is 36.7 Å². The molecule has 7 nitrogen and oxygen atoms in total. The van der Waals surface area contributed by atoms with E-state index < -0.39 is 10.8 Å². The number of likely N-dealkylation sites (tertiary alicyclic amines) is 1. The van der Waals surface area contributed by atoms with E-state index in [1.165, 1.54) is 30.6 Å². The summed E-state index contributed by atoms with van der Waals surface area (Å²) in [5.41, 5.74) is 10.1. The van der Waals surface area contributed by atoms with Crippen molar-refractivity contribution in [3.05, 3.63) is 59.9 Å². The first-order chi connectivity index (χ1) is 15.7. The third kappa shape index (κ3) is 4.69. The number of benzene rings is 1. The first kappa shape index (κ1) is 21.1. The van der Waals surface area contributed by atoms with E-state index in [1.807, 2.05) is 42.5 Å². The second-order valence-electron chi connectivity index (χ2n) is 7.90. The highest BCUT2D eigenvalue weighted by molar-refractivity contribution is 7.84. The van der Waals surface area contributed by atoms with Gasteiger partial charge in [0.1, 0.15) is 10.3 Å². The average molecular weight is 465 g/mol. The fourth-order valence-electron chi connectivity index (χ4n) is 3.99. The van der Waals surface area contributed by atoms with Crippen LogP contribution < -0.4 is 5.73 Å². The smallest absolute Gasteiger partial charge is 0.219 e. The first-order valence-corrected chi connectivity index (χ1v) is 12.8. The highest BCUT2D eigenvalue weighted by Crippen LogP contribution is 2.31. The van der Waals surface area contributed by atoms with E-state index in [9.17, 15) is 4.21 Å². The highest BCUT2D eigenvalue weighted by Gasteiger charge is 2.18. The van der Waals surface area contributed by atoms with Crippen molar-refractivity contribution in [1.29, 1.82) is 0 Å². The quantitative estimate of drug-likeness (QED) is 0.430. The molecule has 1 fully saturated rings. The Hall–Kier alpha value is -2.75. The lowest BCUT2D eigenvalue weighted by molar-refractivity contribution is 0.218. The van der Waals surface area contributed by atoms with Gasteiger partial charge in [0.05, 0.1) is 27.9 Å². The van der Waals surface area contributed by atoms with Gasteiger partial charge in [0, 0.05) is 18.3 Å². The van der Waals surface area contributed by atoms with Crippen LogP contribution in [0.3, 0.4) is 0 Å². The molecule has 1 unspecified atom stereocenters. The van der Waals surface area contributed by atoms with Crippen LogP contribution in [0.15, 0.2) is 53.8 Å². The largest absolute Gasteiger partial charge is 0.375 e. The van der Waals surface area contributed by atoms with Gasteiger partial charge in [-0.1, -0.05) is 48.1 Å². The van der Waals surface area contributed by atoms with Crippen LogP contribution >= 0.6 is 11.3 Å². The lowest BCUT2D eigenvalue weighted by Crippen LogP contribution is -2.29. The molecule has 0 radical (unpaired) electrons. The summed E-state index contributed by atoms with van der Waals surface area (Å²) in [6, 6.07) is 13.7. The summed E-state index contributed by atoms with van der Waals surface area (Å²) in [4.78, 5) is 21.5. The number of aromatic nitrogens is 4. The number of rotatable bonds is 6. The Kier molecular flexibility index (Phi) is 6.20. The maximum Gasteiger partial charge on any atom is 0.219 e. The summed E-state index contributed by atoms with van der Waals surface area (Å²) in [5, 5.41) is 0.821. The third-order valence-corrected chi connectivity index (χ3v) is 7.50. The Labute approximate surface area is 193 Å². The number of nitrogen functional groups attached to an aromatic ring is 1. The minimum absolute atomic E-state index is 0.353. The number of nitrogens with two attached hydrogens (primary N) is 1. The molecule has 3 aromatic heterocycles. The predicted molar refractivity (Wildman–Crippen MR) is 129 cm³/mol. The van der Waals surface area contributed by atoms with Gasteiger partial charge in [0.25, 0.3) is 0 Å². The van der Waals surface area contributed by atoms with Crippen LogP contribution in [-0.2, 0) is 23.1 Å². The predicted octanol–water partition coefficient (Wildman–Crippen LogP) is 4.02. The van der Waals surface area contributed by atoms with Gasteiger partial charge < -0.3 is 5.73 Å². The number of hydrogen-bond donors (Lipinski definition) is 1. The fourth-order valence-corrected chi connectivity index (χ4v) is 5.73. The van der Waals surface area contributed by atoms with Gasteiger partial charge >= 0.3 is 0 Å². The molecule has 0 amide bonds. The lowest BCUT2D eigenvalue weighted by atomic mass is 10.1. The highest BCUT2D eigenvalue weighted by atomic mass is 32.2. The van der Waals surface area contributed by atoms with E-state index in [4.69, 9.17) is 15.7 Å². The van der Waals surface area contributed by atoms with Crippen molar-refractivity contribution in [3.63, 3.8) is 0 Å². The summed E-state index contributed by atoms with van der Waals surface area (Å²) >= 11 is 1.35. The van der Waals surface area contributed by atoms with Crippen molar-refractivity contribution < 1.29 is 4.21 Å². The molecule has 2 N–H and O–H groups in total. The van der Waals surface area contributed by atoms with Crippen LogP contribution in [0.25, 0.3) is 21.6 Å². The van der Waals surface area contributed by atoms with Crippen LogP contribution in [0.5, 0.6) is 0 Å². The monoisotopic (exact) mass is 464 g/mol. The molecule has 4 aromatic rings. The Bertz CT molecular complexity index is 1250. The van der Waals surface area contributed by atoms with Crippen LogP contribution in [0.2, 0.25) is 0 Å². The van der Waals surface area contributed by atoms with E-state index in [2.05, 4.69) is 14.9 Å². The summed E-state index contributed by atoms with van der Waals surface area (Å²) in [7, 11) is -1.36. The number of fused-ring (bicyclic) bond motifs is 1. The van der Waals surface area contributed by atoms with Crippen molar-refractivity contribution in [3.8, 4) is 11.3 Å². The van der Waals surface area contributed by atoms with Crippen LogP contribution in [0.4, 0.5) is 5.13 Å². The minimum atomic E-state index is -1.36. The van der Waals surface area contributed by atoms with E-state index >= 15 is 0 Å². The molecule has 1 atom stereocenters. The van der Waals surface area contributed by atoms with Crippen molar-refractivity contribution in [2.75, 3.05) is 18.8 Å². The Morgan fingerprint density at radius 2 is 1.84 bits per heavy atom. The Morgan fingerprint density at radius 1 is 1.03 bits per heavy atom. The zero-order valence-corrected chi connectivity index (χ0v) is 19.2. The topological polar surface area (TPSA) is 97.9 Å². The normalized spacial score (nSPS) is 15.8. The molecule has 1 saturated heterocycles. The fraction of sp³-hybridized carbons (Fsp3) is 0.304. The molecule has 1 aliphatic rings. The summed E-state index contributed by atoms with van der Waals surface area (Å²) in [6.45, 7) is 2.84. The van der Waals surface area contributed by atoms with Crippen LogP contribution in [0.1, 0.15) is 30.5 Å². The number of pyridine rings is 1. The van der Waals surface area contributed by atoms with Gasteiger partial charge in [0.2, 0.25) is 5.16 Å². The zero-order valence-electron chi connectivity index (χ0n) is 17.6. The van der Waals surface area contributed by atoms with E-state index in [0.717, 1.165) is 46.8 Å². The van der Waals surface area contributed by atoms with Crippen molar-refractivity contribution in [1.82, 2.24) is 24.8 Å². The molecule has 5 rings (SSSR count). The summed E-state index contributed by atoms with van der Waals surface area (Å²) in [6.07, 6.45) is 5.42. The molecular formula is C23H24N6OS2. The molecule has 9 heteroatoms. The van der Waals surface area contributed by atoms with Gasteiger partial charge in [-0.25, -0.2) is 19.9 Å². The van der Waals surface area contributed by atoms with E-state index in [0.29, 0.717) is 21.7 Å². The summed E-state index contributed by atoms with van der Waals surface area (Å²) in [5.74, 6) is 0.378. The van der Waals surface area contributed by atoms with Crippen molar-refractivity contribution >= 4 is 37.6 Å². The second kappa shape index (κ2) is 9.40. The third-order valence-electron chi connectivity index (χ3n) is 5.53. The molecule has 1 aliphatic heterocycles. The SMILES string of the molecule is Nc1nc2c(-c3cc(CN4CCCCC4)nc(S(=O)Cc4ccccc4)n3)ccnc2s1. The van der Waals surface area contributed by atoms with Gasteiger partial charge in [-0.3, -0.25) is 9.11 Å². The molecule has 0 saturated carbocycles. The molecular weight excluding hydrogens is 440 g/mol. The molecule has 0 aliphatic carbocycles. The Balaban J connectivity index is 1.55. The second-order valence-corrected chi connectivity index (χ2v) is 10.3. The molecule has 32 heavy (non-hydrogen) atoms. The Morgan fingerprint density at radius 3 is 2.66 bits per heavy atom. The van der Waals surface area contributed by atoms with Crippen LogP contribution in [0, 0.1) is 0 Å². The maximum atomic E-state index is 13.2. The molecule has 0 spiro atoms. The van der Waals surface area contributed by atoms with Gasteiger partial charge in [-0.05, 0) is 43.6 Å². The zero-order chi connectivity index (χ0) is 21.9. The molecule has 0 bridgehead atoms. The van der Waals surface area contributed by atoms with Gasteiger partial charge in [-0.2, -0.15) is 0 Å². The van der Waals surface area contributed by atoms with Gasteiger partial charge in [0.15, 0.2) is 5.13 Å². The van der Waals surface area contributed by atoms with Crippen molar-refractivity contribution in [2.24, 2.45) is 0 Å². The number of piperidine rings is 1. The lowest BCUT2D eigenvalue weighted by Gasteiger charge is -2.26. The van der Waals surface area contributed by atoms with Gasteiger partial charge in [-0.15, -0.1) is 0 Å². The number of hydrogen-bond acceptors (Lipinski definition) is 8. The van der Waals surface area contributed by atoms with Crippen LogP contribution in [-0.4, -0.2) is 42.1 Å². The first-order valence-electron chi connectivity index (χ1n) is 10.7. The minimum Gasteiger partial charge on any atom is -0.375 e. The number of anilines is 1. The number of thiazole rings is 1. The average Bonchev–Trinajstić information content (AvgIpc) is 3.20. The van der Waals surface area contributed by atoms with E-state index in [1.54, 1.807) is 6.20 Å². The van der Waals surface area contributed by atoms with E-state index in [-0.39, 0.29) is 0 Å². The molecule has 164 valence electrons. The number of nitrogens with zero attached hydrogens (tertiary/aromatic N) is 5. The maximum absolute atomic E-state index is 13.2.